The van der Waals surface area contributed by atoms with Crippen LogP contribution in [0.5, 0.6) is 0 Å². The minimum Gasteiger partial charge on any atom is -0.394 e. The van der Waals surface area contributed by atoms with E-state index in [4.69, 9.17) is 9.84 Å². The highest BCUT2D eigenvalue weighted by Crippen LogP contribution is 2.20. The molecule has 0 aliphatic carbocycles. The minimum absolute atomic E-state index is 0.0636. The van der Waals surface area contributed by atoms with Crippen LogP contribution in [-0.4, -0.2) is 60.5 Å². The fourth-order valence-electron chi connectivity index (χ4n) is 2.21. The summed E-state index contributed by atoms with van der Waals surface area (Å²) in [6.45, 7) is 4.80. The summed E-state index contributed by atoms with van der Waals surface area (Å²) in [4.78, 5) is 0.152. The van der Waals surface area contributed by atoms with Gasteiger partial charge in [0.2, 0.25) is 10.0 Å². The van der Waals surface area contributed by atoms with Crippen molar-refractivity contribution in [1.82, 2.24) is 14.1 Å². The number of aliphatic hydroxyl groups excluding tert-OH is 1. The maximum absolute atomic E-state index is 12.8. The first-order valence-corrected chi connectivity index (χ1v) is 8.59. The van der Waals surface area contributed by atoms with Gasteiger partial charge in [-0.1, -0.05) is 13.8 Å². The van der Waals surface area contributed by atoms with Gasteiger partial charge in [-0.15, -0.1) is 0 Å². The molecule has 1 rings (SSSR count). The Labute approximate surface area is 126 Å². The summed E-state index contributed by atoms with van der Waals surface area (Å²) in [6, 6.07) is -0.0636. The van der Waals surface area contributed by atoms with Crippen LogP contribution in [-0.2, 0) is 21.3 Å². The number of nitrogens with zero attached hydrogens (tertiary/aromatic N) is 3. The van der Waals surface area contributed by atoms with Gasteiger partial charge in [-0.05, 0) is 12.8 Å². The van der Waals surface area contributed by atoms with Crippen LogP contribution in [0.4, 0.5) is 0 Å². The van der Waals surface area contributed by atoms with E-state index in [-0.39, 0.29) is 24.1 Å². The van der Waals surface area contributed by atoms with Gasteiger partial charge in [-0.25, -0.2) is 8.42 Å². The predicted molar refractivity (Wildman–Crippen MR) is 79.5 cm³/mol. The molecule has 0 atom stereocenters. The largest absolute Gasteiger partial charge is 0.394 e. The van der Waals surface area contributed by atoms with E-state index in [1.807, 2.05) is 13.8 Å². The van der Waals surface area contributed by atoms with E-state index in [0.29, 0.717) is 13.2 Å². The van der Waals surface area contributed by atoms with Crippen molar-refractivity contribution >= 4 is 10.0 Å². The Balaban J connectivity index is 3.06. The van der Waals surface area contributed by atoms with Gasteiger partial charge in [0.1, 0.15) is 4.90 Å². The van der Waals surface area contributed by atoms with Gasteiger partial charge in [0, 0.05) is 25.9 Å². The quantitative estimate of drug-likeness (QED) is 0.686. The summed E-state index contributed by atoms with van der Waals surface area (Å²) in [7, 11) is -2.05. The molecule has 0 unspecified atom stereocenters. The number of hydrogen-bond acceptors (Lipinski definition) is 5. The highest BCUT2D eigenvalue weighted by Gasteiger charge is 2.30. The Morgan fingerprint density at radius 3 is 2.62 bits per heavy atom. The van der Waals surface area contributed by atoms with E-state index >= 15 is 0 Å². The zero-order chi connectivity index (χ0) is 15.9. The van der Waals surface area contributed by atoms with E-state index in [0.717, 1.165) is 12.8 Å². The summed E-state index contributed by atoms with van der Waals surface area (Å²) in [5, 5.41) is 12.8. The molecule has 0 aromatic carbocycles. The highest BCUT2D eigenvalue weighted by molar-refractivity contribution is 7.89. The van der Waals surface area contributed by atoms with Crippen LogP contribution >= 0.6 is 0 Å². The number of aliphatic hydroxyl groups is 1. The molecule has 7 nitrogen and oxygen atoms in total. The SMILES string of the molecule is CCC(CC)N(CCOC)S(=O)(=O)c1cnn(CCO)c1. The Hall–Kier alpha value is -0.960. The first-order chi connectivity index (χ1) is 10.0. The first-order valence-electron chi connectivity index (χ1n) is 7.15. The third kappa shape index (κ3) is 4.50. The molecule has 1 aromatic rings. The van der Waals surface area contributed by atoms with E-state index < -0.39 is 10.0 Å². The van der Waals surface area contributed by atoms with Gasteiger partial charge in [-0.3, -0.25) is 4.68 Å². The standard InChI is InChI=1S/C13H25N3O4S/c1-4-12(5-2)16(7-9-20-3)21(18,19)13-10-14-15(11-13)6-8-17/h10-12,17H,4-9H2,1-3H3. The normalized spacial score (nSPS) is 12.5. The lowest BCUT2D eigenvalue weighted by Gasteiger charge is -2.28. The van der Waals surface area contributed by atoms with Gasteiger partial charge in [0.15, 0.2) is 0 Å². The molecule has 1 N–H and O–H groups in total. The smallest absolute Gasteiger partial charge is 0.246 e. The Morgan fingerprint density at radius 2 is 2.10 bits per heavy atom. The number of ether oxygens (including phenoxy) is 1. The summed E-state index contributed by atoms with van der Waals surface area (Å²) in [6.07, 6.45) is 4.26. The topological polar surface area (TPSA) is 84.7 Å². The van der Waals surface area contributed by atoms with Crippen LogP contribution in [0, 0.1) is 0 Å². The van der Waals surface area contributed by atoms with Gasteiger partial charge in [0.25, 0.3) is 0 Å². The van der Waals surface area contributed by atoms with Crippen LogP contribution in [0.3, 0.4) is 0 Å². The van der Waals surface area contributed by atoms with Crippen molar-refractivity contribution in [3.05, 3.63) is 12.4 Å². The molecule has 8 heteroatoms. The van der Waals surface area contributed by atoms with E-state index in [1.165, 1.54) is 21.4 Å². The maximum atomic E-state index is 12.8. The molecule has 0 spiro atoms. The first kappa shape index (κ1) is 18.1. The number of rotatable bonds is 10. The molecule has 0 bridgehead atoms. The van der Waals surface area contributed by atoms with Crippen molar-refractivity contribution in [3.63, 3.8) is 0 Å². The molecule has 0 amide bonds. The van der Waals surface area contributed by atoms with Crippen LogP contribution in [0.2, 0.25) is 0 Å². The number of sulfonamides is 1. The Kier molecular flexibility index (Phi) is 7.30. The summed E-state index contributed by atoms with van der Waals surface area (Å²) in [5.41, 5.74) is 0. The lowest BCUT2D eigenvalue weighted by atomic mass is 10.2. The van der Waals surface area contributed by atoms with Gasteiger partial charge in [-0.2, -0.15) is 9.40 Å². The lowest BCUT2D eigenvalue weighted by molar-refractivity contribution is 0.163. The van der Waals surface area contributed by atoms with Crippen LogP contribution in [0.25, 0.3) is 0 Å². The Bertz CT molecular complexity index is 511. The molecule has 0 saturated carbocycles. The molecular weight excluding hydrogens is 294 g/mol. The van der Waals surface area contributed by atoms with E-state index in [1.54, 1.807) is 7.11 Å². The third-order valence-corrected chi connectivity index (χ3v) is 5.32. The number of hydrogen-bond donors (Lipinski definition) is 1. The maximum Gasteiger partial charge on any atom is 0.246 e. The molecule has 1 aromatic heterocycles. The summed E-state index contributed by atoms with van der Waals surface area (Å²) in [5.74, 6) is 0. The molecule has 122 valence electrons. The molecule has 0 aliphatic heterocycles. The highest BCUT2D eigenvalue weighted by atomic mass is 32.2. The fraction of sp³-hybridized carbons (Fsp3) is 0.769. The number of aromatic nitrogens is 2. The lowest BCUT2D eigenvalue weighted by Crippen LogP contribution is -2.41. The zero-order valence-corrected chi connectivity index (χ0v) is 13.7. The second-order valence-electron chi connectivity index (χ2n) is 4.74. The minimum atomic E-state index is -3.61. The van der Waals surface area contributed by atoms with Crippen LogP contribution < -0.4 is 0 Å². The van der Waals surface area contributed by atoms with Crippen molar-refractivity contribution < 1.29 is 18.3 Å². The van der Waals surface area contributed by atoms with Gasteiger partial charge >= 0.3 is 0 Å². The zero-order valence-electron chi connectivity index (χ0n) is 12.9. The van der Waals surface area contributed by atoms with Crippen LogP contribution in [0.1, 0.15) is 26.7 Å². The van der Waals surface area contributed by atoms with Crippen molar-refractivity contribution in [3.8, 4) is 0 Å². The third-order valence-electron chi connectivity index (χ3n) is 3.41. The second-order valence-corrected chi connectivity index (χ2v) is 6.63. The van der Waals surface area contributed by atoms with Crippen molar-refractivity contribution in [2.45, 2.75) is 44.2 Å². The average molecular weight is 319 g/mol. The molecule has 0 fully saturated rings. The summed E-state index contributed by atoms with van der Waals surface area (Å²) < 4.78 is 33.5. The van der Waals surface area contributed by atoms with Crippen molar-refractivity contribution in [1.29, 1.82) is 0 Å². The van der Waals surface area contributed by atoms with Gasteiger partial charge in [0.05, 0.1) is 26.0 Å². The molecule has 0 aliphatic rings. The molecule has 0 saturated heterocycles. The van der Waals surface area contributed by atoms with Crippen molar-refractivity contribution in [2.24, 2.45) is 0 Å². The molecular formula is C13H25N3O4S. The van der Waals surface area contributed by atoms with Gasteiger partial charge < -0.3 is 9.84 Å². The predicted octanol–water partition coefficient (Wildman–Crippen LogP) is 0.701. The molecule has 0 radical (unpaired) electrons. The monoisotopic (exact) mass is 319 g/mol. The Morgan fingerprint density at radius 1 is 1.43 bits per heavy atom. The van der Waals surface area contributed by atoms with Crippen molar-refractivity contribution in [2.75, 3.05) is 26.9 Å². The second kappa shape index (κ2) is 8.47. The molecule has 1 heterocycles. The fourth-order valence-corrected chi connectivity index (χ4v) is 3.93. The molecule has 21 heavy (non-hydrogen) atoms. The average Bonchev–Trinajstić information content (AvgIpc) is 2.93. The summed E-state index contributed by atoms with van der Waals surface area (Å²) >= 11 is 0. The van der Waals surface area contributed by atoms with E-state index in [2.05, 4.69) is 5.10 Å². The van der Waals surface area contributed by atoms with Crippen LogP contribution in [0.15, 0.2) is 17.3 Å². The number of methoxy groups -OCH3 is 1. The van der Waals surface area contributed by atoms with E-state index in [9.17, 15) is 8.42 Å².